The van der Waals surface area contributed by atoms with Gasteiger partial charge in [-0.25, -0.2) is 4.79 Å². The third-order valence-corrected chi connectivity index (χ3v) is 7.27. The highest BCUT2D eigenvalue weighted by molar-refractivity contribution is 5.91. The average molecular weight is 480 g/mol. The van der Waals surface area contributed by atoms with E-state index in [0.717, 1.165) is 38.6 Å². The second-order valence-corrected chi connectivity index (χ2v) is 10.1. The zero-order valence-electron chi connectivity index (χ0n) is 23.0. The molecule has 0 spiro atoms. The number of ether oxygens (including phenoxy) is 1. The third-order valence-electron chi connectivity index (χ3n) is 7.27. The smallest absolute Gasteiger partial charge is 0.333 e. The first kappa shape index (κ1) is 30.1. The molecular weight excluding hydrogens is 430 g/mol. The van der Waals surface area contributed by atoms with Gasteiger partial charge in [0.05, 0.1) is 18.7 Å². The number of nitrogens with zero attached hydrogens (tertiary/aromatic N) is 2. The van der Waals surface area contributed by atoms with Crippen molar-refractivity contribution in [1.82, 2.24) is 15.1 Å². The predicted molar refractivity (Wildman–Crippen MR) is 137 cm³/mol. The Morgan fingerprint density at radius 3 is 2.26 bits per heavy atom. The number of likely N-dealkylation sites (tertiary alicyclic amines) is 1. The lowest BCUT2D eigenvalue weighted by Crippen LogP contribution is -2.59. The summed E-state index contributed by atoms with van der Waals surface area (Å²) < 4.78 is 5.13. The Bertz CT molecular complexity index is 706. The Labute approximate surface area is 207 Å². The van der Waals surface area contributed by atoms with Crippen LogP contribution in [0.4, 0.5) is 0 Å². The lowest BCUT2D eigenvalue weighted by atomic mass is 9.93. The maximum atomic E-state index is 13.7. The summed E-state index contributed by atoms with van der Waals surface area (Å²) in [5.74, 6) is -0.479. The summed E-state index contributed by atoms with van der Waals surface area (Å²) in [5, 5.41) is 3.10. The quantitative estimate of drug-likeness (QED) is 0.336. The van der Waals surface area contributed by atoms with Crippen LogP contribution >= 0.6 is 0 Å². The second-order valence-electron chi connectivity index (χ2n) is 10.1. The lowest BCUT2D eigenvalue weighted by Gasteiger charge is -2.40. The topological polar surface area (TPSA) is 79.0 Å². The molecule has 1 aliphatic heterocycles. The molecule has 0 saturated carbocycles. The molecule has 1 heterocycles. The van der Waals surface area contributed by atoms with Gasteiger partial charge in [-0.2, -0.15) is 0 Å². The zero-order valence-corrected chi connectivity index (χ0v) is 23.0. The van der Waals surface area contributed by atoms with Crippen LogP contribution in [0.15, 0.2) is 11.6 Å². The summed E-state index contributed by atoms with van der Waals surface area (Å²) in [6, 6.07) is -0.760. The third kappa shape index (κ3) is 8.10. The number of amides is 2. The van der Waals surface area contributed by atoms with Gasteiger partial charge >= 0.3 is 5.97 Å². The van der Waals surface area contributed by atoms with Gasteiger partial charge in [0.15, 0.2) is 0 Å². The molecule has 1 saturated heterocycles. The molecule has 0 bridgehead atoms. The number of rotatable bonds is 12. The van der Waals surface area contributed by atoms with Gasteiger partial charge in [-0.15, -0.1) is 0 Å². The van der Waals surface area contributed by atoms with Crippen molar-refractivity contribution in [3.8, 4) is 0 Å². The molecule has 0 aromatic rings. The SMILES string of the molecule is CCOC(=O)C(C)=C[C@H]([C@@H](C)CC)N(C)C(=O)[C@@H](NC(=O)C1CCCCN1C(C)CC)C(C)C. The number of hydrogen-bond acceptors (Lipinski definition) is 5. The van der Waals surface area contributed by atoms with E-state index in [1.54, 1.807) is 25.8 Å². The zero-order chi connectivity index (χ0) is 26.0. The van der Waals surface area contributed by atoms with Crippen molar-refractivity contribution in [2.75, 3.05) is 20.2 Å². The molecule has 1 fully saturated rings. The van der Waals surface area contributed by atoms with Gasteiger partial charge < -0.3 is 15.0 Å². The maximum absolute atomic E-state index is 13.7. The predicted octanol–water partition coefficient (Wildman–Crippen LogP) is 4.16. The molecule has 0 radical (unpaired) electrons. The molecule has 34 heavy (non-hydrogen) atoms. The normalized spacial score (nSPS) is 20.9. The van der Waals surface area contributed by atoms with Gasteiger partial charge in [0.2, 0.25) is 11.8 Å². The molecule has 1 rings (SSSR count). The van der Waals surface area contributed by atoms with Gasteiger partial charge in [-0.1, -0.05) is 53.5 Å². The Hall–Kier alpha value is -1.89. The summed E-state index contributed by atoms with van der Waals surface area (Å²) in [7, 11) is 1.77. The van der Waals surface area contributed by atoms with Crippen LogP contribution < -0.4 is 5.32 Å². The van der Waals surface area contributed by atoms with Crippen LogP contribution in [0.5, 0.6) is 0 Å². The Balaban J connectivity index is 3.12. The fourth-order valence-electron chi connectivity index (χ4n) is 4.60. The molecule has 7 nitrogen and oxygen atoms in total. The Morgan fingerprint density at radius 1 is 1.09 bits per heavy atom. The van der Waals surface area contributed by atoms with Gasteiger partial charge in [-0.3, -0.25) is 14.5 Å². The standard InChI is InChI=1S/C27H49N3O4/c1-10-19(6)23(17-20(7)27(33)34-12-3)29(9)26(32)24(18(4)5)28-25(31)22-15-13-14-16-30(22)21(8)11-2/h17-19,21-24H,10-16H2,1-9H3,(H,28,31)/t19-,21?,22?,23+,24-/m0/s1. The number of piperidine rings is 1. The van der Waals surface area contributed by atoms with E-state index in [2.05, 4.69) is 37.9 Å². The summed E-state index contributed by atoms with van der Waals surface area (Å²) in [5.41, 5.74) is 0.489. The van der Waals surface area contributed by atoms with Crippen LogP contribution in [0.25, 0.3) is 0 Å². The van der Waals surface area contributed by atoms with Gasteiger partial charge in [-0.05, 0) is 58.4 Å². The molecular formula is C27H49N3O4. The second kappa shape index (κ2) is 14.5. The molecule has 2 unspecified atom stereocenters. The highest BCUT2D eigenvalue weighted by Crippen LogP contribution is 2.23. The van der Waals surface area contributed by atoms with Crippen LogP contribution in [0.2, 0.25) is 0 Å². The summed E-state index contributed by atoms with van der Waals surface area (Å²) in [6.07, 6.45) is 6.61. The number of hydrogen-bond donors (Lipinski definition) is 1. The van der Waals surface area contributed by atoms with Crippen LogP contribution in [0.3, 0.4) is 0 Å². The molecule has 5 atom stereocenters. The van der Waals surface area contributed by atoms with Crippen LogP contribution in [0, 0.1) is 11.8 Å². The first-order chi connectivity index (χ1) is 16.0. The fourth-order valence-corrected chi connectivity index (χ4v) is 4.60. The molecule has 1 N–H and O–H groups in total. The van der Waals surface area contributed by atoms with E-state index in [1.807, 2.05) is 19.9 Å². The maximum Gasteiger partial charge on any atom is 0.333 e. The molecule has 7 heteroatoms. The monoisotopic (exact) mass is 479 g/mol. The number of carbonyl (C=O) groups is 3. The van der Waals surface area contributed by atoms with Gasteiger partial charge in [0.25, 0.3) is 0 Å². The van der Waals surface area contributed by atoms with Gasteiger partial charge in [0.1, 0.15) is 6.04 Å². The Morgan fingerprint density at radius 2 is 1.74 bits per heavy atom. The fraction of sp³-hybridized carbons (Fsp3) is 0.815. The number of nitrogens with one attached hydrogen (secondary N) is 1. The van der Waals surface area contributed by atoms with E-state index < -0.39 is 6.04 Å². The van der Waals surface area contributed by atoms with Gasteiger partial charge in [0, 0.05) is 18.7 Å². The minimum absolute atomic E-state index is 0.0567. The number of esters is 1. The molecule has 0 aromatic heterocycles. The number of carbonyl (C=O) groups excluding carboxylic acids is 3. The van der Waals surface area contributed by atoms with E-state index in [0.29, 0.717) is 18.2 Å². The van der Waals surface area contributed by atoms with Crippen molar-refractivity contribution in [1.29, 1.82) is 0 Å². The highest BCUT2D eigenvalue weighted by Gasteiger charge is 2.36. The van der Waals surface area contributed by atoms with E-state index in [1.165, 1.54) is 0 Å². The van der Waals surface area contributed by atoms with Crippen LogP contribution in [-0.4, -0.2) is 72.0 Å². The minimum atomic E-state index is -0.624. The Kier molecular flexibility index (Phi) is 12.9. The van der Waals surface area contributed by atoms with E-state index in [-0.39, 0.29) is 41.7 Å². The van der Waals surface area contributed by atoms with Crippen LogP contribution in [-0.2, 0) is 19.1 Å². The lowest BCUT2D eigenvalue weighted by molar-refractivity contribution is -0.140. The van der Waals surface area contributed by atoms with Crippen molar-refractivity contribution >= 4 is 17.8 Å². The molecule has 0 aromatic carbocycles. The van der Waals surface area contributed by atoms with E-state index in [4.69, 9.17) is 4.74 Å². The van der Waals surface area contributed by atoms with Crippen molar-refractivity contribution in [2.24, 2.45) is 11.8 Å². The summed E-state index contributed by atoms with van der Waals surface area (Å²) in [4.78, 5) is 43.2. The van der Waals surface area contributed by atoms with E-state index >= 15 is 0 Å². The van der Waals surface area contributed by atoms with E-state index in [9.17, 15) is 14.4 Å². The summed E-state index contributed by atoms with van der Waals surface area (Å²) in [6.45, 7) is 17.1. The highest BCUT2D eigenvalue weighted by atomic mass is 16.5. The summed E-state index contributed by atoms with van der Waals surface area (Å²) >= 11 is 0. The number of likely N-dealkylation sites (N-methyl/N-ethyl adjacent to an activating group) is 1. The largest absolute Gasteiger partial charge is 0.463 e. The molecule has 196 valence electrons. The van der Waals surface area contributed by atoms with Crippen LogP contribution in [0.1, 0.15) is 87.5 Å². The van der Waals surface area contributed by atoms with Crippen molar-refractivity contribution in [3.63, 3.8) is 0 Å². The molecule has 1 aliphatic rings. The molecule has 2 amide bonds. The van der Waals surface area contributed by atoms with Crippen molar-refractivity contribution < 1.29 is 19.1 Å². The average Bonchev–Trinajstić information content (AvgIpc) is 2.83. The first-order valence-electron chi connectivity index (χ1n) is 13.2. The minimum Gasteiger partial charge on any atom is -0.463 e. The molecule has 0 aliphatic carbocycles. The van der Waals surface area contributed by atoms with Crippen molar-refractivity contribution in [2.45, 2.75) is 112 Å². The first-order valence-corrected chi connectivity index (χ1v) is 13.2. The van der Waals surface area contributed by atoms with Crippen molar-refractivity contribution in [3.05, 3.63) is 11.6 Å².